The molecule has 0 spiro atoms. The Morgan fingerprint density at radius 3 is 2.46 bits per heavy atom. The second-order valence-corrected chi connectivity index (χ2v) is 6.19. The Labute approximate surface area is 143 Å². The van der Waals surface area contributed by atoms with Gasteiger partial charge in [0.15, 0.2) is 0 Å². The van der Waals surface area contributed by atoms with Gasteiger partial charge in [0.25, 0.3) is 0 Å². The summed E-state index contributed by atoms with van der Waals surface area (Å²) in [7, 11) is 0. The van der Waals surface area contributed by atoms with E-state index in [1.54, 1.807) is 0 Å². The van der Waals surface area contributed by atoms with Gasteiger partial charge in [-0.3, -0.25) is 4.79 Å². The SMILES string of the molecule is NCCCC[C@H](NC(=O)Nc1ccccc1)C(=O)N1CCCCC1. The van der Waals surface area contributed by atoms with Crippen molar-refractivity contribution in [2.45, 2.75) is 44.6 Å². The first-order chi connectivity index (χ1) is 11.7. The summed E-state index contributed by atoms with van der Waals surface area (Å²) in [6, 6.07) is 8.40. The van der Waals surface area contributed by atoms with Crippen LogP contribution in [0.2, 0.25) is 0 Å². The van der Waals surface area contributed by atoms with Gasteiger partial charge in [0, 0.05) is 18.8 Å². The number of amides is 3. The highest BCUT2D eigenvalue weighted by atomic mass is 16.2. The van der Waals surface area contributed by atoms with E-state index in [1.807, 2.05) is 35.2 Å². The Kier molecular flexibility index (Phi) is 7.55. The zero-order chi connectivity index (χ0) is 17.2. The lowest BCUT2D eigenvalue weighted by molar-refractivity contribution is -0.134. The summed E-state index contributed by atoms with van der Waals surface area (Å²) < 4.78 is 0. The molecule has 1 aliphatic rings. The number of hydrogen-bond donors (Lipinski definition) is 3. The molecule has 6 heteroatoms. The normalized spacial score (nSPS) is 15.6. The lowest BCUT2D eigenvalue weighted by Gasteiger charge is -2.30. The average molecular weight is 332 g/mol. The van der Waals surface area contributed by atoms with Crippen LogP contribution < -0.4 is 16.4 Å². The van der Waals surface area contributed by atoms with E-state index in [9.17, 15) is 9.59 Å². The number of nitrogens with one attached hydrogen (secondary N) is 2. The number of anilines is 1. The van der Waals surface area contributed by atoms with Gasteiger partial charge in [-0.05, 0) is 57.2 Å². The molecule has 1 aromatic rings. The van der Waals surface area contributed by atoms with Crippen LogP contribution in [0.1, 0.15) is 38.5 Å². The Balaban J connectivity index is 1.93. The van der Waals surface area contributed by atoms with Crippen molar-refractivity contribution in [1.29, 1.82) is 0 Å². The molecule has 0 saturated carbocycles. The highest BCUT2D eigenvalue weighted by Gasteiger charge is 2.26. The highest BCUT2D eigenvalue weighted by Crippen LogP contribution is 2.13. The molecular formula is C18H28N4O2. The van der Waals surface area contributed by atoms with Crippen LogP contribution in [0, 0.1) is 0 Å². The summed E-state index contributed by atoms with van der Waals surface area (Å²) in [5.41, 5.74) is 6.25. The molecule has 1 aromatic carbocycles. The van der Waals surface area contributed by atoms with E-state index in [0.29, 0.717) is 18.7 Å². The molecule has 1 atom stereocenters. The number of carbonyl (C=O) groups excluding carboxylic acids is 2. The van der Waals surface area contributed by atoms with E-state index < -0.39 is 6.04 Å². The smallest absolute Gasteiger partial charge is 0.319 e. The standard InChI is InChI=1S/C18H28N4O2/c19-12-6-5-11-16(17(23)22-13-7-2-8-14-22)21-18(24)20-15-9-3-1-4-10-15/h1,3-4,9-10,16H,2,5-8,11-14,19H2,(H2,20,21,24)/t16-/m0/s1. The molecule has 1 aliphatic heterocycles. The molecule has 132 valence electrons. The number of carbonyl (C=O) groups is 2. The number of urea groups is 1. The largest absolute Gasteiger partial charge is 0.341 e. The maximum Gasteiger partial charge on any atom is 0.319 e. The molecule has 3 amide bonds. The minimum absolute atomic E-state index is 0.0231. The van der Waals surface area contributed by atoms with Gasteiger partial charge in [-0.15, -0.1) is 0 Å². The van der Waals surface area contributed by atoms with Crippen molar-refractivity contribution >= 4 is 17.6 Å². The predicted octanol–water partition coefficient (Wildman–Crippen LogP) is 2.32. The zero-order valence-corrected chi connectivity index (χ0v) is 14.2. The molecule has 0 radical (unpaired) electrons. The summed E-state index contributed by atoms with van der Waals surface area (Å²) in [6.07, 6.45) is 5.55. The number of hydrogen-bond acceptors (Lipinski definition) is 3. The molecule has 0 bridgehead atoms. The second-order valence-electron chi connectivity index (χ2n) is 6.19. The molecule has 1 heterocycles. The Hall–Kier alpha value is -2.08. The van der Waals surface area contributed by atoms with Crippen LogP contribution in [0.4, 0.5) is 10.5 Å². The number of rotatable bonds is 7. The first-order valence-electron chi connectivity index (χ1n) is 8.82. The van der Waals surface area contributed by atoms with Crippen molar-refractivity contribution in [1.82, 2.24) is 10.2 Å². The summed E-state index contributed by atoms with van der Waals surface area (Å²) >= 11 is 0. The van der Waals surface area contributed by atoms with Crippen LogP contribution in [0.5, 0.6) is 0 Å². The lowest BCUT2D eigenvalue weighted by atomic mass is 10.1. The number of para-hydroxylation sites is 1. The third-order valence-corrected chi connectivity index (χ3v) is 4.25. The molecule has 6 nitrogen and oxygen atoms in total. The molecule has 2 rings (SSSR count). The molecule has 24 heavy (non-hydrogen) atoms. The van der Waals surface area contributed by atoms with Crippen molar-refractivity contribution < 1.29 is 9.59 Å². The van der Waals surface area contributed by atoms with Crippen LogP contribution in [0.15, 0.2) is 30.3 Å². The van der Waals surface area contributed by atoms with E-state index in [1.165, 1.54) is 6.42 Å². The third kappa shape index (κ3) is 5.85. The topological polar surface area (TPSA) is 87.5 Å². The van der Waals surface area contributed by atoms with Gasteiger partial charge in [0.1, 0.15) is 6.04 Å². The van der Waals surface area contributed by atoms with Gasteiger partial charge in [0.2, 0.25) is 5.91 Å². The van der Waals surface area contributed by atoms with E-state index in [2.05, 4.69) is 10.6 Å². The fourth-order valence-electron chi connectivity index (χ4n) is 2.93. The van der Waals surface area contributed by atoms with Gasteiger partial charge in [-0.1, -0.05) is 18.2 Å². The zero-order valence-electron chi connectivity index (χ0n) is 14.2. The summed E-state index contributed by atoms with van der Waals surface area (Å²) in [4.78, 5) is 26.8. The number of likely N-dealkylation sites (tertiary alicyclic amines) is 1. The van der Waals surface area contributed by atoms with Crippen molar-refractivity contribution in [3.05, 3.63) is 30.3 Å². The first-order valence-corrected chi connectivity index (χ1v) is 8.82. The minimum Gasteiger partial charge on any atom is -0.341 e. The fraction of sp³-hybridized carbons (Fsp3) is 0.556. The lowest BCUT2D eigenvalue weighted by Crippen LogP contribution is -2.51. The molecule has 0 aliphatic carbocycles. The van der Waals surface area contributed by atoms with Crippen molar-refractivity contribution in [2.24, 2.45) is 5.73 Å². The van der Waals surface area contributed by atoms with Crippen LogP contribution in [-0.4, -0.2) is 42.5 Å². The molecule has 0 aromatic heterocycles. The predicted molar refractivity (Wildman–Crippen MR) is 95.7 cm³/mol. The quantitative estimate of drug-likeness (QED) is 0.670. The van der Waals surface area contributed by atoms with Crippen molar-refractivity contribution in [2.75, 3.05) is 25.0 Å². The molecule has 1 fully saturated rings. The second kappa shape index (κ2) is 9.93. The van der Waals surface area contributed by atoms with E-state index in [0.717, 1.165) is 38.8 Å². The summed E-state index contributed by atoms with van der Waals surface area (Å²) in [5.74, 6) is 0.0231. The number of nitrogens with two attached hydrogens (primary N) is 1. The van der Waals surface area contributed by atoms with Crippen molar-refractivity contribution in [3.63, 3.8) is 0 Å². The van der Waals surface area contributed by atoms with Crippen LogP contribution in [-0.2, 0) is 4.79 Å². The maximum absolute atomic E-state index is 12.7. The molecule has 4 N–H and O–H groups in total. The van der Waals surface area contributed by atoms with E-state index in [-0.39, 0.29) is 11.9 Å². The third-order valence-electron chi connectivity index (χ3n) is 4.25. The van der Waals surface area contributed by atoms with Crippen LogP contribution in [0.3, 0.4) is 0 Å². The number of piperidine rings is 1. The Morgan fingerprint density at radius 1 is 1.08 bits per heavy atom. The Bertz CT molecular complexity index is 515. The molecule has 1 saturated heterocycles. The highest BCUT2D eigenvalue weighted by molar-refractivity contribution is 5.93. The minimum atomic E-state index is -0.488. The summed E-state index contributed by atoms with van der Waals surface area (Å²) in [5, 5.41) is 5.61. The fourth-order valence-corrected chi connectivity index (χ4v) is 2.93. The van der Waals surface area contributed by atoms with Gasteiger partial charge in [-0.25, -0.2) is 4.79 Å². The average Bonchev–Trinajstić information content (AvgIpc) is 2.62. The number of benzene rings is 1. The van der Waals surface area contributed by atoms with E-state index in [4.69, 9.17) is 5.73 Å². The first kappa shape index (κ1) is 18.3. The van der Waals surface area contributed by atoms with Crippen LogP contribution in [0.25, 0.3) is 0 Å². The Morgan fingerprint density at radius 2 is 1.79 bits per heavy atom. The van der Waals surface area contributed by atoms with Gasteiger partial charge in [0.05, 0.1) is 0 Å². The van der Waals surface area contributed by atoms with Crippen LogP contribution >= 0.6 is 0 Å². The van der Waals surface area contributed by atoms with E-state index >= 15 is 0 Å². The number of unbranched alkanes of at least 4 members (excludes halogenated alkanes) is 1. The maximum atomic E-state index is 12.7. The van der Waals surface area contributed by atoms with Gasteiger partial charge < -0.3 is 21.3 Å². The molecule has 0 unspecified atom stereocenters. The van der Waals surface area contributed by atoms with Gasteiger partial charge >= 0.3 is 6.03 Å². The monoisotopic (exact) mass is 332 g/mol. The summed E-state index contributed by atoms with van der Waals surface area (Å²) in [6.45, 7) is 2.17. The molecular weight excluding hydrogens is 304 g/mol. The van der Waals surface area contributed by atoms with Crippen molar-refractivity contribution in [3.8, 4) is 0 Å². The van der Waals surface area contributed by atoms with Gasteiger partial charge in [-0.2, -0.15) is 0 Å². The number of nitrogens with zero attached hydrogens (tertiary/aromatic N) is 1.